The first-order valence-electron chi connectivity index (χ1n) is 10.7. The van der Waals surface area contributed by atoms with E-state index in [1.54, 1.807) is 4.90 Å². The number of carbonyl (C=O) groups excluding carboxylic acids is 2. The van der Waals surface area contributed by atoms with Gasteiger partial charge in [-0.05, 0) is 25.7 Å². The van der Waals surface area contributed by atoms with Crippen molar-refractivity contribution in [1.29, 1.82) is 0 Å². The van der Waals surface area contributed by atoms with Gasteiger partial charge in [0.1, 0.15) is 6.04 Å². The van der Waals surface area contributed by atoms with E-state index in [-0.39, 0.29) is 17.9 Å². The number of hydrogen-bond donors (Lipinski definition) is 0. The van der Waals surface area contributed by atoms with Crippen molar-refractivity contribution in [2.45, 2.75) is 110 Å². The Labute approximate surface area is 154 Å². The molecular weight excluding hydrogens is 314 g/mol. The van der Waals surface area contributed by atoms with E-state index in [9.17, 15) is 9.59 Å². The molecule has 1 aliphatic rings. The lowest BCUT2D eigenvalue weighted by atomic mass is 10.1. The lowest BCUT2D eigenvalue weighted by Gasteiger charge is -2.23. The monoisotopic (exact) mass is 353 g/mol. The van der Waals surface area contributed by atoms with E-state index in [0.29, 0.717) is 19.6 Å². The van der Waals surface area contributed by atoms with Gasteiger partial charge in [0.25, 0.3) is 0 Å². The van der Waals surface area contributed by atoms with Crippen LogP contribution in [0.15, 0.2) is 0 Å². The van der Waals surface area contributed by atoms with Gasteiger partial charge in [0.2, 0.25) is 5.91 Å². The van der Waals surface area contributed by atoms with Gasteiger partial charge in [-0.2, -0.15) is 0 Å². The molecule has 0 aromatic rings. The Morgan fingerprint density at radius 2 is 1.48 bits per heavy atom. The van der Waals surface area contributed by atoms with Crippen LogP contribution in [-0.4, -0.2) is 36.0 Å². The molecule has 1 amide bonds. The highest BCUT2D eigenvalue weighted by atomic mass is 16.5. The number of rotatable bonds is 14. The zero-order valence-corrected chi connectivity index (χ0v) is 16.6. The molecule has 0 saturated carbocycles. The van der Waals surface area contributed by atoms with Crippen LogP contribution in [-0.2, 0) is 14.3 Å². The van der Waals surface area contributed by atoms with Gasteiger partial charge in [-0.3, -0.25) is 4.79 Å². The molecule has 0 aliphatic carbocycles. The van der Waals surface area contributed by atoms with Crippen LogP contribution in [0.3, 0.4) is 0 Å². The maximum atomic E-state index is 12.3. The summed E-state index contributed by atoms with van der Waals surface area (Å²) in [5.41, 5.74) is 0. The minimum Gasteiger partial charge on any atom is -0.464 e. The van der Waals surface area contributed by atoms with Gasteiger partial charge in [0.05, 0.1) is 6.61 Å². The van der Waals surface area contributed by atoms with E-state index in [1.165, 1.54) is 38.5 Å². The Balaban J connectivity index is 2.13. The molecule has 1 fully saturated rings. The smallest absolute Gasteiger partial charge is 0.328 e. The molecule has 4 heteroatoms. The minimum atomic E-state index is -0.330. The number of carbonyl (C=O) groups is 2. The van der Waals surface area contributed by atoms with E-state index in [4.69, 9.17) is 4.74 Å². The van der Waals surface area contributed by atoms with Crippen molar-refractivity contribution in [1.82, 2.24) is 4.90 Å². The molecule has 1 aliphatic heterocycles. The van der Waals surface area contributed by atoms with Crippen molar-refractivity contribution in [2.75, 3.05) is 13.2 Å². The molecule has 0 bridgehead atoms. The van der Waals surface area contributed by atoms with E-state index >= 15 is 0 Å². The molecule has 1 heterocycles. The minimum absolute atomic E-state index is 0.125. The summed E-state index contributed by atoms with van der Waals surface area (Å²) in [6.07, 6.45) is 15.2. The fourth-order valence-electron chi connectivity index (χ4n) is 3.48. The Hall–Kier alpha value is -1.06. The van der Waals surface area contributed by atoms with Crippen LogP contribution >= 0.6 is 0 Å². The second-order valence-corrected chi connectivity index (χ2v) is 7.34. The largest absolute Gasteiger partial charge is 0.464 e. The van der Waals surface area contributed by atoms with E-state index in [2.05, 4.69) is 13.8 Å². The molecule has 0 aromatic heterocycles. The summed E-state index contributed by atoms with van der Waals surface area (Å²) in [7, 11) is 0. The summed E-state index contributed by atoms with van der Waals surface area (Å²) >= 11 is 0. The summed E-state index contributed by atoms with van der Waals surface area (Å²) < 4.78 is 5.44. The van der Waals surface area contributed by atoms with Gasteiger partial charge in [0, 0.05) is 13.0 Å². The first-order valence-corrected chi connectivity index (χ1v) is 10.7. The fourth-order valence-corrected chi connectivity index (χ4v) is 3.48. The molecule has 0 radical (unpaired) electrons. The maximum Gasteiger partial charge on any atom is 0.328 e. The Bertz CT molecular complexity index is 370. The third-order valence-electron chi connectivity index (χ3n) is 5.08. The zero-order chi connectivity index (χ0) is 18.3. The van der Waals surface area contributed by atoms with Gasteiger partial charge < -0.3 is 9.64 Å². The highest BCUT2D eigenvalue weighted by Gasteiger charge is 2.34. The van der Waals surface area contributed by atoms with Gasteiger partial charge in [-0.15, -0.1) is 0 Å². The molecule has 0 N–H and O–H groups in total. The molecular formula is C21H39NO3. The molecule has 1 saturated heterocycles. The lowest BCUT2D eigenvalue weighted by molar-refractivity contribution is -0.153. The van der Waals surface area contributed by atoms with Crippen LogP contribution in [0.5, 0.6) is 0 Å². The predicted octanol–water partition coefficient (Wildman–Crippen LogP) is 5.24. The van der Waals surface area contributed by atoms with Crippen LogP contribution in [0.4, 0.5) is 0 Å². The van der Waals surface area contributed by atoms with E-state index in [1.807, 2.05) is 0 Å². The van der Waals surface area contributed by atoms with Crippen LogP contribution in [0.2, 0.25) is 0 Å². The second-order valence-electron chi connectivity index (χ2n) is 7.34. The lowest BCUT2D eigenvalue weighted by Crippen LogP contribution is -2.41. The molecule has 0 aromatic carbocycles. The van der Waals surface area contributed by atoms with Crippen LogP contribution in [0.1, 0.15) is 104 Å². The number of amides is 1. The third-order valence-corrected chi connectivity index (χ3v) is 5.08. The summed E-state index contributed by atoms with van der Waals surface area (Å²) in [5.74, 6) is -0.0655. The first kappa shape index (κ1) is 22.0. The topological polar surface area (TPSA) is 46.6 Å². The Morgan fingerprint density at radius 1 is 0.880 bits per heavy atom. The fraction of sp³-hybridized carbons (Fsp3) is 0.905. The molecule has 146 valence electrons. The van der Waals surface area contributed by atoms with Crippen molar-refractivity contribution in [3.05, 3.63) is 0 Å². The molecule has 1 rings (SSSR count). The Morgan fingerprint density at radius 3 is 2.16 bits per heavy atom. The number of esters is 1. The summed E-state index contributed by atoms with van der Waals surface area (Å²) in [6, 6.07) is -0.330. The van der Waals surface area contributed by atoms with Crippen molar-refractivity contribution < 1.29 is 14.3 Å². The van der Waals surface area contributed by atoms with Crippen LogP contribution in [0, 0.1) is 0 Å². The van der Waals surface area contributed by atoms with Crippen molar-refractivity contribution in [3.8, 4) is 0 Å². The maximum absolute atomic E-state index is 12.3. The van der Waals surface area contributed by atoms with Gasteiger partial charge in [0.15, 0.2) is 0 Å². The SMILES string of the molecule is CCCCCCCCCCOC(=O)C1CCCN1C(=O)CCCCC. The number of unbranched alkanes of at least 4 members (excludes halogenated alkanes) is 9. The first-order chi connectivity index (χ1) is 12.2. The standard InChI is InChI=1S/C21H39NO3/c1-3-5-7-8-9-10-11-13-18-25-21(24)19-15-14-17-22(19)20(23)16-12-6-4-2/h19H,3-18H2,1-2H3. The molecule has 1 unspecified atom stereocenters. The zero-order valence-electron chi connectivity index (χ0n) is 16.6. The van der Waals surface area contributed by atoms with Gasteiger partial charge in [-0.25, -0.2) is 4.79 Å². The van der Waals surface area contributed by atoms with Crippen molar-refractivity contribution in [3.63, 3.8) is 0 Å². The summed E-state index contributed by atoms with van der Waals surface area (Å²) in [6.45, 7) is 5.58. The second kappa shape index (κ2) is 14.1. The van der Waals surface area contributed by atoms with E-state index < -0.39 is 0 Å². The molecule has 1 atom stereocenters. The van der Waals surface area contributed by atoms with Crippen LogP contribution < -0.4 is 0 Å². The number of likely N-dealkylation sites (tertiary alicyclic amines) is 1. The molecule has 25 heavy (non-hydrogen) atoms. The van der Waals surface area contributed by atoms with E-state index in [0.717, 1.165) is 44.9 Å². The highest BCUT2D eigenvalue weighted by molar-refractivity contribution is 5.85. The number of hydrogen-bond acceptors (Lipinski definition) is 3. The normalized spacial score (nSPS) is 17.0. The average molecular weight is 354 g/mol. The quantitative estimate of drug-likeness (QED) is 0.317. The van der Waals surface area contributed by atoms with Crippen LogP contribution in [0.25, 0.3) is 0 Å². The third kappa shape index (κ3) is 9.27. The molecule has 4 nitrogen and oxygen atoms in total. The van der Waals surface area contributed by atoms with Gasteiger partial charge in [-0.1, -0.05) is 71.6 Å². The summed E-state index contributed by atoms with van der Waals surface area (Å²) in [4.78, 5) is 26.3. The van der Waals surface area contributed by atoms with Crippen molar-refractivity contribution >= 4 is 11.9 Å². The molecule has 0 spiro atoms. The highest BCUT2D eigenvalue weighted by Crippen LogP contribution is 2.20. The Kier molecular flexibility index (Phi) is 12.4. The average Bonchev–Trinajstić information content (AvgIpc) is 3.10. The van der Waals surface area contributed by atoms with Gasteiger partial charge >= 0.3 is 5.97 Å². The van der Waals surface area contributed by atoms with Crippen molar-refractivity contribution in [2.24, 2.45) is 0 Å². The predicted molar refractivity (Wildman–Crippen MR) is 102 cm³/mol. The number of nitrogens with zero attached hydrogens (tertiary/aromatic N) is 1. The number of ether oxygens (including phenoxy) is 1. The summed E-state index contributed by atoms with van der Waals surface area (Å²) in [5, 5.41) is 0.